The second-order valence-corrected chi connectivity index (χ2v) is 5.52. The van der Waals surface area contributed by atoms with Crippen molar-refractivity contribution in [1.82, 2.24) is 10.3 Å². The summed E-state index contributed by atoms with van der Waals surface area (Å²) in [5.74, 6) is 1.37. The Hall–Kier alpha value is -1.13. The molecule has 1 N–H and O–H groups in total. The Kier molecular flexibility index (Phi) is 2.99. The van der Waals surface area contributed by atoms with Crippen molar-refractivity contribution in [2.75, 3.05) is 13.1 Å². The van der Waals surface area contributed by atoms with E-state index in [2.05, 4.69) is 28.7 Å². The Bertz CT molecular complexity index is 511. The molecule has 90 valence electrons. The first-order valence-corrected chi connectivity index (χ1v) is 6.92. The van der Waals surface area contributed by atoms with Gasteiger partial charge in [-0.25, -0.2) is 4.98 Å². The van der Waals surface area contributed by atoms with Crippen LogP contribution in [0.25, 0.3) is 10.1 Å². The van der Waals surface area contributed by atoms with E-state index in [9.17, 15) is 0 Å². The molecule has 3 heterocycles. The van der Waals surface area contributed by atoms with E-state index in [0.717, 1.165) is 24.4 Å². The van der Waals surface area contributed by atoms with Gasteiger partial charge in [0.15, 0.2) is 0 Å². The number of nitrogens with one attached hydrogen (secondary N) is 1. The number of piperidine rings is 1. The number of hydrogen-bond acceptors (Lipinski definition) is 4. The minimum atomic E-state index is 0.238. The Labute approximate surface area is 105 Å². The highest BCUT2D eigenvalue weighted by Crippen LogP contribution is 2.29. The molecule has 2 atom stereocenters. The molecule has 3 rings (SSSR count). The van der Waals surface area contributed by atoms with Crippen molar-refractivity contribution in [3.05, 3.63) is 23.7 Å². The maximum absolute atomic E-state index is 6.07. The maximum atomic E-state index is 6.07. The van der Waals surface area contributed by atoms with E-state index in [0.29, 0.717) is 5.92 Å². The van der Waals surface area contributed by atoms with Gasteiger partial charge in [0.1, 0.15) is 6.10 Å². The van der Waals surface area contributed by atoms with Crippen LogP contribution in [0.2, 0.25) is 0 Å². The highest BCUT2D eigenvalue weighted by atomic mass is 32.1. The first-order valence-electron chi connectivity index (χ1n) is 6.04. The fourth-order valence-corrected chi connectivity index (χ4v) is 3.00. The molecule has 0 bridgehead atoms. The smallest absolute Gasteiger partial charge is 0.222 e. The summed E-state index contributed by atoms with van der Waals surface area (Å²) in [5, 5.41) is 6.60. The van der Waals surface area contributed by atoms with Gasteiger partial charge in [0.25, 0.3) is 0 Å². The van der Waals surface area contributed by atoms with Crippen LogP contribution in [0.1, 0.15) is 13.3 Å². The zero-order valence-electron chi connectivity index (χ0n) is 9.85. The van der Waals surface area contributed by atoms with Gasteiger partial charge in [0, 0.05) is 17.4 Å². The summed E-state index contributed by atoms with van der Waals surface area (Å²) in [6.45, 7) is 4.26. The van der Waals surface area contributed by atoms with Crippen LogP contribution in [0, 0.1) is 5.92 Å². The van der Waals surface area contributed by atoms with Crippen LogP contribution in [0.15, 0.2) is 23.7 Å². The van der Waals surface area contributed by atoms with Crippen LogP contribution in [0.4, 0.5) is 0 Å². The van der Waals surface area contributed by atoms with Gasteiger partial charge >= 0.3 is 0 Å². The molecule has 0 spiro atoms. The predicted octanol–water partition coefficient (Wildman–Crippen LogP) is 2.67. The third-order valence-electron chi connectivity index (χ3n) is 3.36. The summed E-state index contributed by atoms with van der Waals surface area (Å²) < 4.78 is 7.31. The van der Waals surface area contributed by atoms with Gasteiger partial charge in [-0.05, 0) is 36.4 Å². The van der Waals surface area contributed by atoms with Crippen molar-refractivity contribution in [2.45, 2.75) is 19.4 Å². The SMILES string of the molecule is CC1CCNCC1Oc1nccc2sccc12. The molecule has 0 radical (unpaired) electrons. The zero-order chi connectivity index (χ0) is 11.7. The third kappa shape index (κ3) is 2.15. The normalized spacial score (nSPS) is 25.0. The van der Waals surface area contributed by atoms with E-state index in [1.165, 1.54) is 11.1 Å². The number of nitrogens with zero attached hydrogens (tertiary/aromatic N) is 1. The molecule has 1 saturated heterocycles. The van der Waals surface area contributed by atoms with E-state index in [-0.39, 0.29) is 6.10 Å². The summed E-state index contributed by atoms with van der Waals surface area (Å²) >= 11 is 1.73. The van der Waals surface area contributed by atoms with Crippen LogP contribution >= 0.6 is 11.3 Å². The molecule has 0 aromatic carbocycles. The second kappa shape index (κ2) is 4.63. The zero-order valence-corrected chi connectivity index (χ0v) is 10.7. The fraction of sp³-hybridized carbons (Fsp3) is 0.462. The van der Waals surface area contributed by atoms with Crippen LogP contribution in [-0.2, 0) is 0 Å². The van der Waals surface area contributed by atoms with E-state index >= 15 is 0 Å². The molecule has 2 aromatic rings. The molecule has 4 heteroatoms. The lowest BCUT2D eigenvalue weighted by atomic mass is 9.97. The number of pyridine rings is 1. The van der Waals surface area contributed by atoms with Gasteiger partial charge in [-0.15, -0.1) is 11.3 Å². The Morgan fingerprint density at radius 2 is 2.41 bits per heavy atom. The fourth-order valence-electron chi connectivity index (χ4n) is 2.23. The number of aromatic nitrogens is 1. The van der Waals surface area contributed by atoms with Crippen LogP contribution in [0.3, 0.4) is 0 Å². The van der Waals surface area contributed by atoms with Gasteiger partial charge in [-0.2, -0.15) is 0 Å². The van der Waals surface area contributed by atoms with E-state index in [1.807, 2.05) is 12.3 Å². The molecule has 0 amide bonds. The lowest BCUT2D eigenvalue weighted by Crippen LogP contribution is -2.43. The quantitative estimate of drug-likeness (QED) is 0.887. The minimum Gasteiger partial charge on any atom is -0.472 e. The lowest BCUT2D eigenvalue weighted by Gasteiger charge is -2.29. The molecule has 17 heavy (non-hydrogen) atoms. The largest absolute Gasteiger partial charge is 0.472 e. The molecule has 3 nitrogen and oxygen atoms in total. The Balaban J connectivity index is 1.86. The summed E-state index contributed by atoms with van der Waals surface area (Å²) in [6, 6.07) is 4.12. The summed E-state index contributed by atoms with van der Waals surface area (Å²) in [4.78, 5) is 4.36. The minimum absolute atomic E-state index is 0.238. The van der Waals surface area contributed by atoms with Gasteiger partial charge in [-0.3, -0.25) is 0 Å². The highest BCUT2D eigenvalue weighted by Gasteiger charge is 2.23. The van der Waals surface area contributed by atoms with E-state index < -0.39 is 0 Å². The van der Waals surface area contributed by atoms with E-state index in [1.54, 1.807) is 11.3 Å². The summed E-state index contributed by atoms with van der Waals surface area (Å²) in [7, 11) is 0. The Morgan fingerprint density at radius 1 is 1.47 bits per heavy atom. The summed E-state index contributed by atoms with van der Waals surface area (Å²) in [6.07, 6.45) is 3.24. The third-order valence-corrected chi connectivity index (χ3v) is 4.25. The van der Waals surface area contributed by atoms with Crippen LogP contribution in [-0.4, -0.2) is 24.2 Å². The monoisotopic (exact) mass is 248 g/mol. The van der Waals surface area contributed by atoms with Crippen molar-refractivity contribution >= 4 is 21.4 Å². The average Bonchev–Trinajstić information content (AvgIpc) is 2.81. The number of ether oxygens (including phenoxy) is 1. The standard InChI is InChI=1S/C13H16N2OS/c1-9-2-5-14-8-11(9)16-13-10-4-7-17-12(10)3-6-15-13/h3-4,6-7,9,11,14H,2,5,8H2,1H3. The maximum Gasteiger partial charge on any atom is 0.222 e. The number of thiophene rings is 1. The molecular weight excluding hydrogens is 232 g/mol. The van der Waals surface area contributed by atoms with Gasteiger partial charge in [-0.1, -0.05) is 6.92 Å². The molecule has 2 aromatic heterocycles. The van der Waals surface area contributed by atoms with Crippen molar-refractivity contribution < 1.29 is 4.74 Å². The Morgan fingerprint density at radius 3 is 3.29 bits per heavy atom. The van der Waals surface area contributed by atoms with Crippen LogP contribution in [0.5, 0.6) is 5.88 Å². The lowest BCUT2D eigenvalue weighted by molar-refractivity contribution is 0.111. The number of rotatable bonds is 2. The molecule has 1 aliphatic rings. The van der Waals surface area contributed by atoms with Gasteiger partial charge < -0.3 is 10.1 Å². The van der Waals surface area contributed by atoms with Crippen LogP contribution < -0.4 is 10.1 Å². The first-order chi connectivity index (χ1) is 8.34. The number of hydrogen-bond donors (Lipinski definition) is 1. The van der Waals surface area contributed by atoms with Gasteiger partial charge in [0.2, 0.25) is 5.88 Å². The molecule has 1 aliphatic heterocycles. The van der Waals surface area contributed by atoms with Crippen molar-refractivity contribution in [1.29, 1.82) is 0 Å². The molecule has 2 unspecified atom stereocenters. The molecular formula is C13H16N2OS. The van der Waals surface area contributed by atoms with Gasteiger partial charge in [0.05, 0.1) is 5.39 Å². The summed E-state index contributed by atoms with van der Waals surface area (Å²) in [5.41, 5.74) is 0. The molecule has 0 saturated carbocycles. The highest BCUT2D eigenvalue weighted by molar-refractivity contribution is 7.17. The van der Waals surface area contributed by atoms with Crippen molar-refractivity contribution in [3.63, 3.8) is 0 Å². The van der Waals surface area contributed by atoms with E-state index in [4.69, 9.17) is 4.74 Å². The first kappa shape index (κ1) is 11.0. The van der Waals surface area contributed by atoms with Crippen molar-refractivity contribution in [2.24, 2.45) is 5.92 Å². The molecule has 1 fully saturated rings. The predicted molar refractivity (Wildman–Crippen MR) is 70.7 cm³/mol. The average molecular weight is 248 g/mol. The van der Waals surface area contributed by atoms with Crippen molar-refractivity contribution in [3.8, 4) is 5.88 Å². The molecule has 0 aliphatic carbocycles. The topological polar surface area (TPSA) is 34.1 Å². The number of fused-ring (bicyclic) bond motifs is 1. The second-order valence-electron chi connectivity index (χ2n) is 4.57.